The van der Waals surface area contributed by atoms with Crippen molar-refractivity contribution in [3.63, 3.8) is 0 Å². The summed E-state index contributed by atoms with van der Waals surface area (Å²) in [4.78, 5) is 5.02. The molecule has 0 aromatic heterocycles. The summed E-state index contributed by atoms with van der Waals surface area (Å²) in [6, 6.07) is 31.9. The van der Waals surface area contributed by atoms with Crippen molar-refractivity contribution < 1.29 is 4.74 Å². The van der Waals surface area contributed by atoms with Gasteiger partial charge in [0.2, 0.25) is 5.90 Å². The lowest BCUT2D eigenvalue weighted by Crippen LogP contribution is -2.39. The van der Waals surface area contributed by atoms with Crippen LogP contribution in [0, 0.1) is 0 Å². The molecule has 0 radical (unpaired) electrons. The first kappa shape index (κ1) is 19.7. The summed E-state index contributed by atoms with van der Waals surface area (Å²) in [5, 5.41) is 2.47. The smallest absolute Gasteiger partial charge is 0.202 e. The third-order valence-corrected chi connectivity index (χ3v) is 11.0. The van der Waals surface area contributed by atoms with Crippen molar-refractivity contribution in [2.75, 3.05) is 13.2 Å². The van der Waals surface area contributed by atoms with Crippen LogP contribution in [0.3, 0.4) is 0 Å². The zero-order valence-corrected chi connectivity index (χ0v) is 18.5. The SMILES string of the molecule is S=P(c1ccccc1)(c1ccccc1)N1CCC[C@H]1C1=N[C@H](c2ccccc2)CO1. The molecule has 1 fully saturated rings. The van der Waals surface area contributed by atoms with Crippen molar-refractivity contribution in [3.05, 3.63) is 96.6 Å². The van der Waals surface area contributed by atoms with Gasteiger partial charge in [-0.25, -0.2) is 4.99 Å². The van der Waals surface area contributed by atoms with Crippen LogP contribution in [0.15, 0.2) is 96.0 Å². The summed E-state index contributed by atoms with van der Waals surface area (Å²) in [5.41, 5.74) is 1.21. The van der Waals surface area contributed by atoms with Gasteiger partial charge in [0.25, 0.3) is 0 Å². The first-order chi connectivity index (χ1) is 14.8. The second-order valence-corrected chi connectivity index (χ2v) is 12.1. The Bertz CT molecular complexity index is 1030. The van der Waals surface area contributed by atoms with E-state index >= 15 is 0 Å². The summed E-state index contributed by atoms with van der Waals surface area (Å²) < 4.78 is 8.71. The zero-order chi connectivity index (χ0) is 20.4. The normalized spacial score (nSPS) is 21.9. The second-order valence-electron chi connectivity index (χ2n) is 7.77. The van der Waals surface area contributed by atoms with E-state index in [1.54, 1.807) is 0 Å². The van der Waals surface area contributed by atoms with Crippen LogP contribution in [-0.4, -0.2) is 29.8 Å². The minimum absolute atomic E-state index is 0.0787. The Labute approximate surface area is 183 Å². The van der Waals surface area contributed by atoms with E-state index in [9.17, 15) is 0 Å². The van der Waals surface area contributed by atoms with Gasteiger partial charge in [-0.3, -0.25) is 4.67 Å². The molecule has 5 heteroatoms. The molecule has 0 spiro atoms. The summed E-state index contributed by atoms with van der Waals surface area (Å²) in [7, 11) is 0. The minimum Gasteiger partial charge on any atom is -0.477 e. The highest BCUT2D eigenvalue weighted by Gasteiger charge is 2.42. The van der Waals surface area contributed by atoms with Gasteiger partial charge in [-0.15, -0.1) is 0 Å². The molecule has 0 amide bonds. The molecule has 3 aromatic carbocycles. The summed E-state index contributed by atoms with van der Waals surface area (Å²) in [6.07, 6.45) is -0.0139. The van der Waals surface area contributed by atoms with Crippen LogP contribution in [0.25, 0.3) is 0 Å². The molecule has 1 saturated heterocycles. The highest BCUT2D eigenvalue weighted by atomic mass is 32.4. The maximum Gasteiger partial charge on any atom is 0.202 e. The average molecular weight is 433 g/mol. The highest BCUT2D eigenvalue weighted by molar-refractivity contribution is 8.20. The van der Waals surface area contributed by atoms with E-state index in [1.165, 1.54) is 16.2 Å². The Hall–Kier alpha value is -2.26. The molecule has 2 heterocycles. The molecule has 5 rings (SSSR count). The zero-order valence-electron chi connectivity index (χ0n) is 16.8. The van der Waals surface area contributed by atoms with E-state index in [-0.39, 0.29) is 12.1 Å². The van der Waals surface area contributed by atoms with Gasteiger partial charge < -0.3 is 4.74 Å². The van der Waals surface area contributed by atoms with E-state index < -0.39 is 6.19 Å². The van der Waals surface area contributed by atoms with Gasteiger partial charge in [-0.2, -0.15) is 0 Å². The fourth-order valence-corrected chi connectivity index (χ4v) is 8.86. The van der Waals surface area contributed by atoms with Crippen LogP contribution in [0.4, 0.5) is 0 Å². The first-order valence-electron chi connectivity index (χ1n) is 10.5. The minimum atomic E-state index is -2.17. The van der Waals surface area contributed by atoms with Gasteiger partial charge in [0.05, 0.1) is 12.2 Å². The topological polar surface area (TPSA) is 24.8 Å². The molecule has 30 heavy (non-hydrogen) atoms. The summed E-state index contributed by atoms with van der Waals surface area (Å²) in [5.74, 6) is 0.863. The third kappa shape index (κ3) is 3.54. The second kappa shape index (κ2) is 8.47. The summed E-state index contributed by atoms with van der Waals surface area (Å²) >= 11 is 6.56. The number of benzene rings is 3. The van der Waals surface area contributed by atoms with Crippen molar-refractivity contribution in [3.8, 4) is 0 Å². The van der Waals surface area contributed by atoms with Crippen molar-refractivity contribution in [1.29, 1.82) is 0 Å². The van der Waals surface area contributed by atoms with Crippen LogP contribution in [0.1, 0.15) is 24.4 Å². The fourth-order valence-electron chi connectivity index (χ4n) is 4.47. The lowest BCUT2D eigenvalue weighted by Gasteiger charge is -2.36. The number of ether oxygens (including phenoxy) is 1. The van der Waals surface area contributed by atoms with E-state index in [0.29, 0.717) is 6.61 Å². The molecule has 0 aliphatic carbocycles. The Morgan fingerprint density at radius 3 is 2.00 bits per heavy atom. The van der Waals surface area contributed by atoms with Crippen LogP contribution in [0.5, 0.6) is 0 Å². The Morgan fingerprint density at radius 1 is 0.833 bits per heavy atom. The summed E-state index contributed by atoms with van der Waals surface area (Å²) in [6.45, 7) is 1.59. The van der Waals surface area contributed by atoms with Crippen molar-refractivity contribution >= 4 is 34.5 Å². The molecule has 2 aliphatic heterocycles. The molecular weight excluding hydrogens is 407 g/mol. The van der Waals surface area contributed by atoms with Gasteiger partial charge in [0, 0.05) is 17.2 Å². The Kier molecular flexibility index (Phi) is 5.56. The standard InChI is InChI=1S/C25H25N2OPS/c30-29(21-13-6-2-7-14-21,22-15-8-3-9-16-22)27-18-10-17-24(27)25-26-23(19-28-25)20-11-4-1-5-12-20/h1-9,11-16,23-24H,10,17-19H2/t23-,24-/m0/s1. The van der Waals surface area contributed by atoms with Crippen LogP contribution in [-0.2, 0) is 16.5 Å². The molecule has 3 nitrogen and oxygen atoms in total. The monoisotopic (exact) mass is 432 g/mol. The van der Waals surface area contributed by atoms with Gasteiger partial charge in [0.1, 0.15) is 12.6 Å². The fraction of sp³-hybridized carbons (Fsp3) is 0.240. The number of hydrogen-bond donors (Lipinski definition) is 0. The Balaban J connectivity index is 1.53. The van der Waals surface area contributed by atoms with E-state index in [4.69, 9.17) is 21.5 Å². The van der Waals surface area contributed by atoms with E-state index in [2.05, 4.69) is 89.6 Å². The van der Waals surface area contributed by atoms with Crippen molar-refractivity contribution in [2.45, 2.75) is 24.9 Å². The lowest BCUT2D eigenvalue weighted by atomic mass is 10.1. The molecular formula is C25H25N2OPS. The number of nitrogens with zero attached hydrogens (tertiary/aromatic N) is 2. The Morgan fingerprint density at radius 2 is 1.40 bits per heavy atom. The maximum atomic E-state index is 6.56. The molecule has 0 bridgehead atoms. The molecule has 0 N–H and O–H groups in total. The van der Waals surface area contributed by atoms with E-state index in [0.717, 1.165) is 25.3 Å². The molecule has 2 atom stereocenters. The molecule has 3 aromatic rings. The van der Waals surface area contributed by atoms with Crippen molar-refractivity contribution in [2.24, 2.45) is 4.99 Å². The van der Waals surface area contributed by atoms with Crippen molar-refractivity contribution in [1.82, 2.24) is 4.67 Å². The molecule has 0 saturated carbocycles. The first-order valence-corrected chi connectivity index (χ1v) is 13.3. The number of hydrogen-bond acceptors (Lipinski definition) is 3. The lowest BCUT2D eigenvalue weighted by molar-refractivity contribution is 0.293. The highest BCUT2D eigenvalue weighted by Crippen LogP contribution is 2.52. The van der Waals surface area contributed by atoms with Gasteiger partial charge >= 0.3 is 0 Å². The largest absolute Gasteiger partial charge is 0.477 e. The maximum absolute atomic E-state index is 6.56. The van der Waals surface area contributed by atoms with Gasteiger partial charge in [0.15, 0.2) is 0 Å². The molecule has 0 unspecified atom stereocenters. The van der Waals surface area contributed by atoms with Crippen LogP contribution < -0.4 is 10.6 Å². The van der Waals surface area contributed by atoms with Crippen LogP contribution in [0.2, 0.25) is 0 Å². The molecule has 152 valence electrons. The van der Waals surface area contributed by atoms with Gasteiger partial charge in [-0.05, 0) is 18.4 Å². The average Bonchev–Trinajstić information content (AvgIpc) is 3.50. The number of aliphatic imine (C=N–C) groups is 1. The van der Waals surface area contributed by atoms with Gasteiger partial charge in [-0.1, -0.05) is 103 Å². The predicted octanol–water partition coefficient (Wildman–Crippen LogP) is 4.67. The third-order valence-electron chi connectivity index (χ3n) is 5.94. The van der Waals surface area contributed by atoms with Crippen LogP contribution >= 0.6 is 6.19 Å². The predicted molar refractivity (Wildman–Crippen MR) is 129 cm³/mol. The number of rotatable bonds is 5. The molecule has 2 aliphatic rings. The van der Waals surface area contributed by atoms with E-state index in [1.807, 2.05) is 6.07 Å². The quantitative estimate of drug-likeness (QED) is 0.548.